The van der Waals surface area contributed by atoms with E-state index in [2.05, 4.69) is 10.3 Å². The van der Waals surface area contributed by atoms with E-state index in [9.17, 15) is 22.8 Å². The summed E-state index contributed by atoms with van der Waals surface area (Å²) in [6, 6.07) is 10.1. The van der Waals surface area contributed by atoms with Crippen LogP contribution >= 0.6 is 0 Å². The van der Waals surface area contributed by atoms with Crippen LogP contribution in [-0.4, -0.2) is 18.0 Å². The number of ether oxygens (including phenoxy) is 2. The first-order chi connectivity index (χ1) is 14.2. The number of carbonyl (C=O) groups is 1. The Morgan fingerprint density at radius 1 is 1.00 bits per heavy atom. The lowest BCUT2D eigenvalue weighted by atomic mass is 10.1. The zero-order valence-corrected chi connectivity index (χ0v) is 16.0. The quantitative estimate of drug-likeness (QED) is 0.626. The molecule has 0 unspecified atom stereocenters. The van der Waals surface area contributed by atoms with E-state index in [1.807, 2.05) is 6.92 Å². The highest BCUT2D eigenvalue weighted by molar-refractivity contribution is 6.06. The van der Waals surface area contributed by atoms with Crippen molar-refractivity contribution >= 4 is 11.6 Å². The molecule has 0 aliphatic heterocycles. The summed E-state index contributed by atoms with van der Waals surface area (Å²) >= 11 is 0. The van der Waals surface area contributed by atoms with Crippen LogP contribution in [0.2, 0.25) is 0 Å². The summed E-state index contributed by atoms with van der Waals surface area (Å²) in [7, 11) is 1.43. The van der Waals surface area contributed by atoms with E-state index in [0.717, 1.165) is 23.8 Å². The monoisotopic (exact) mass is 418 g/mol. The molecule has 1 amide bonds. The Morgan fingerprint density at radius 2 is 1.73 bits per heavy atom. The van der Waals surface area contributed by atoms with Crippen LogP contribution in [-0.2, 0) is 6.18 Å². The SMILES string of the molecule is COc1cc(C)ccc1Oc1ccc(C(F)(F)F)cc1C(=O)Nc1cc[nH]c(=O)c1. The summed E-state index contributed by atoms with van der Waals surface area (Å²) in [5, 5.41) is 2.40. The van der Waals surface area contributed by atoms with Crippen LogP contribution in [0.3, 0.4) is 0 Å². The van der Waals surface area contributed by atoms with Gasteiger partial charge in [-0.2, -0.15) is 13.2 Å². The number of aryl methyl sites for hydroxylation is 1. The van der Waals surface area contributed by atoms with Gasteiger partial charge < -0.3 is 19.8 Å². The van der Waals surface area contributed by atoms with Crippen molar-refractivity contribution < 1.29 is 27.4 Å². The molecule has 6 nitrogen and oxygen atoms in total. The molecule has 1 heterocycles. The van der Waals surface area contributed by atoms with Crippen LogP contribution in [0.5, 0.6) is 17.2 Å². The largest absolute Gasteiger partial charge is 0.493 e. The van der Waals surface area contributed by atoms with Crippen molar-refractivity contribution in [1.82, 2.24) is 4.98 Å². The van der Waals surface area contributed by atoms with E-state index in [-0.39, 0.29) is 22.7 Å². The molecule has 3 rings (SSSR count). The summed E-state index contributed by atoms with van der Waals surface area (Å²) in [5.74, 6) is -0.385. The molecule has 2 N–H and O–H groups in total. The number of amides is 1. The second-order valence-corrected chi connectivity index (χ2v) is 6.36. The van der Waals surface area contributed by atoms with Crippen LogP contribution in [0.15, 0.2) is 59.5 Å². The first-order valence-corrected chi connectivity index (χ1v) is 8.71. The van der Waals surface area contributed by atoms with Crippen molar-refractivity contribution in [2.24, 2.45) is 0 Å². The molecule has 3 aromatic rings. The fourth-order valence-corrected chi connectivity index (χ4v) is 2.67. The molecule has 156 valence electrons. The number of aromatic nitrogens is 1. The minimum absolute atomic E-state index is 0.104. The van der Waals surface area contributed by atoms with Gasteiger partial charge in [0.1, 0.15) is 5.75 Å². The van der Waals surface area contributed by atoms with E-state index >= 15 is 0 Å². The lowest BCUT2D eigenvalue weighted by Crippen LogP contribution is -2.16. The standard InChI is InChI=1S/C21H17F3N2O4/c1-12-3-5-17(18(9-12)29-2)30-16-6-4-13(21(22,23)24)10-15(16)20(28)26-14-7-8-25-19(27)11-14/h3-11H,1-2H3,(H2,25,26,27,28). The highest BCUT2D eigenvalue weighted by atomic mass is 19.4. The maximum absolute atomic E-state index is 13.2. The maximum Gasteiger partial charge on any atom is 0.416 e. The number of pyridine rings is 1. The fourth-order valence-electron chi connectivity index (χ4n) is 2.67. The summed E-state index contributed by atoms with van der Waals surface area (Å²) < 4.78 is 50.5. The first-order valence-electron chi connectivity index (χ1n) is 8.71. The number of carbonyl (C=O) groups excluding carboxylic acids is 1. The second kappa shape index (κ2) is 8.32. The number of halogens is 3. The van der Waals surface area contributed by atoms with Gasteiger partial charge >= 0.3 is 6.18 Å². The van der Waals surface area contributed by atoms with Crippen molar-refractivity contribution in [3.8, 4) is 17.2 Å². The number of hydrogen-bond acceptors (Lipinski definition) is 4. The number of H-pyrrole nitrogens is 1. The molecule has 0 bridgehead atoms. The maximum atomic E-state index is 13.2. The smallest absolute Gasteiger partial charge is 0.416 e. The van der Waals surface area contributed by atoms with Gasteiger partial charge in [0.2, 0.25) is 5.56 Å². The number of anilines is 1. The lowest BCUT2D eigenvalue weighted by Gasteiger charge is -2.16. The highest BCUT2D eigenvalue weighted by Gasteiger charge is 2.32. The molecule has 2 aromatic carbocycles. The Labute approximate surface area is 169 Å². The number of benzene rings is 2. The molecule has 0 aliphatic rings. The van der Waals surface area contributed by atoms with Gasteiger partial charge in [0.25, 0.3) is 5.91 Å². The molecule has 0 saturated carbocycles. The van der Waals surface area contributed by atoms with Gasteiger partial charge in [-0.15, -0.1) is 0 Å². The minimum atomic E-state index is -4.65. The lowest BCUT2D eigenvalue weighted by molar-refractivity contribution is -0.137. The fraction of sp³-hybridized carbons (Fsp3) is 0.143. The molecular formula is C21H17F3N2O4. The Morgan fingerprint density at radius 3 is 2.40 bits per heavy atom. The average Bonchev–Trinajstić information content (AvgIpc) is 2.68. The van der Waals surface area contributed by atoms with E-state index < -0.39 is 23.2 Å². The van der Waals surface area contributed by atoms with E-state index in [1.165, 1.54) is 19.4 Å². The van der Waals surface area contributed by atoms with Crippen molar-refractivity contribution in [3.05, 3.63) is 81.8 Å². The molecular weight excluding hydrogens is 401 g/mol. The number of nitrogens with one attached hydrogen (secondary N) is 2. The molecule has 0 radical (unpaired) electrons. The highest BCUT2D eigenvalue weighted by Crippen LogP contribution is 2.37. The number of alkyl halides is 3. The Hall–Kier alpha value is -3.75. The Bertz CT molecular complexity index is 1140. The van der Waals surface area contributed by atoms with Crippen molar-refractivity contribution in [3.63, 3.8) is 0 Å². The molecule has 0 fully saturated rings. The van der Waals surface area contributed by atoms with Crippen molar-refractivity contribution in [2.45, 2.75) is 13.1 Å². The third kappa shape index (κ3) is 4.80. The zero-order valence-electron chi connectivity index (χ0n) is 16.0. The third-order valence-corrected chi connectivity index (χ3v) is 4.12. The summed E-state index contributed by atoms with van der Waals surface area (Å²) in [6.07, 6.45) is -3.35. The van der Waals surface area contributed by atoms with Crippen molar-refractivity contribution in [2.75, 3.05) is 12.4 Å². The minimum Gasteiger partial charge on any atom is -0.493 e. The second-order valence-electron chi connectivity index (χ2n) is 6.36. The molecule has 1 aromatic heterocycles. The molecule has 0 atom stereocenters. The predicted molar refractivity (Wildman–Crippen MR) is 104 cm³/mol. The van der Waals surface area contributed by atoms with Crippen LogP contribution in [0.1, 0.15) is 21.5 Å². The van der Waals surface area contributed by atoms with E-state index in [0.29, 0.717) is 11.8 Å². The van der Waals surface area contributed by atoms with Crippen LogP contribution in [0, 0.1) is 6.92 Å². The molecule has 9 heteroatoms. The first kappa shape index (κ1) is 21.0. The van der Waals surface area contributed by atoms with Gasteiger partial charge in [0.15, 0.2) is 11.5 Å². The summed E-state index contributed by atoms with van der Waals surface area (Å²) in [6.45, 7) is 1.84. The normalized spacial score (nSPS) is 11.1. The van der Waals surface area contributed by atoms with Gasteiger partial charge in [-0.25, -0.2) is 0 Å². The van der Waals surface area contributed by atoms with Gasteiger partial charge in [-0.05, 0) is 48.9 Å². The van der Waals surface area contributed by atoms with Crippen LogP contribution in [0.4, 0.5) is 18.9 Å². The third-order valence-electron chi connectivity index (χ3n) is 4.12. The molecule has 0 spiro atoms. The van der Waals surface area contributed by atoms with Crippen molar-refractivity contribution in [1.29, 1.82) is 0 Å². The number of rotatable bonds is 5. The number of hydrogen-bond donors (Lipinski definition) is 2. The van der Waals surface area contributed by atoms with Gasteiger partial charge in [0.05, 0.1) is 18.2 Å². The number of methoxy groups -OCH3 is 1. The Kier molecular flexibility index (Phi) is 5.81. The summed E-state index contributed by atoms with van der Waals surface area (Å²) in [5.41, 5.74) is -0.828. The molecule has 0 aliphatic carbocycles. The zero-order chi connectivity index (χ0) is 21.9. The molecule has 30 heavy (non-hydrogen) atoms. The van der Waals surface area contributed by atoms with E-state index in [1.54, 1.807) is 18.2 Å². The molecule has 0 saturated heterocycles. The van der Waals surface area contributed by atoms with Gasteiger partial charge in [-0.1, -0.05) is 6.07 Å². The topological polar surface area (TPSA) is 80.4 Å². The van der Waals surface area contributed by atoms with Crippen LogP contribution in [0.25, 0.3) is 0 Å². The predicted octanol–water partition coefficient (Wildman–Crippen LogP) is 4.76. The van der Waals surface area contributed by atoms with E-state index in [4.69, 9.17) is 9.47 Å². The average molecular weight is 418 g/mol. The van der Waals surface area contributed by atoms with Gasteiger partial charge in [-0.3, -0.25) is 9.59 Å². The Balaban J connectivity index is 2.02. The van der Waals surface area contributed by atoms with Crippen LogP contribution < -0.4 is 20.3 Å². The number of aromatic amines is 1. The van der Waals surface area contributed by atoms with Gasteiger partial charge in [0, 0.05) is 18.0 Å². The summed E-state index contributed by atoms with van der Waals surface area (Å²) in [4.78, 5) is 26.5.